The molecule has 0 aliphatic carbocycles. The largest absolute Gasteiger partial charge is 0.496 e. The van der Waals surface area contributed by atoms with Crippen LogP contribution in [0.25, 0.3) is 0 Å². The quantitative estimate of drug-likeness (QED) is 0.860. The number of nitrogens with two attached hydrogens (primary N) is 1. The first-order valence-electron chi connectivity index (χ1n) is 6.37. The van der Waals surface area contributed by atoms with Gasteiger partial charge in [-0.2, -0.15) is 0 Å². The van der Waals surface area contributed by atoms with Crippen molar-refractivity contribution in [3.63, 3.8) is 0 Å². The number of hydrogen-bond acceptors (Lipinski definition) is 3. The van der Waals surface area contributed by atoms with Gasteiger partial charge in [-0.3, -0.25) is 0 Å². The molecule has 21 heavy (non-hydrogen) atoms. The summed E-state index contributed by atoms with van der Waals surface area (Å²) in [6, 6.07) is 9.91. The van der Waals surface area contributed by atoms with Crippen LogP contribution >= 0.6 is 12.2 Å². The maximum Gasteiger partial charge on any atom is 0.129 e. The van der Waals surface area contributed by atoms with Gasteiger partial charge >= 0.3 is 0 Å². The SMILES string of the molecule is COc1cc(COc2cc(F)ccc2C)ccc1C(N)=S. The monoisotopic (exact) mass is 305 g/mol. The Bertz CT molecular complexity index is 673. The minimum Gasteiger partial charge on any atom is -0.496 e. The van der Waals surface area contributed by atoms with Crippen molar-refractivity contribution < 1.29 is 13.9 Å². The molecule has 0 fully saturated rings. The summed E-state index contributed by atoms with van der Waals surface area (Å²) >= 11 is 4.96. The van der Waals surface area contributed by atoms with E-state index in [0.29, 0.717) is 23.7 Å². The van der Waals surface area contributed by atoms with Gasteiger partial charge in [0, 0.05) is 6.07 Å². The van der Waals surface area contributed by atoms with Gasteiger partial charge in [-0.05, 0) is 36.2 Å². The molecule has 2 aromatic carbocycles. The Morgan fingerprint density at radius 3 is 2.62 bits per heavy atom. The second-order valence-electron chi connectivity index (χ2n) is 4.60. The highest BCUT2D eigenvalue weighted by atomic mass is 32.1. The number of methoxy groups -OCH3 is 1. The molecule has 0 aliphatic rings. The molecule has 0 heterocycles. The van der Waals surface area contributed by atoms with Gasteiger partial charge in [-0.15, -0.1) is 0 Å². The van der Waals surface area contributed by atoms with Crippen molar-refractivity contribution in [3.8, 4) is 11.5 Å². The molecule has 0 bridgehead atoms. The van der Waals surface area contributed by atoms with Gasteiger partial charge in [-0.1, -0.05) is 24.4 Å². The summed E-state index contributed by atoms with van der Waals surface area (Å²) in [4.78, 5) is 0.278. The lowest BCUT2D eigenvalue weighted by atomic mass is 10.1. The van der Waals surface area contributed by atoms with Crippen LogP contribution in [0.5, 0.6) is 11.5 Å². The van der Waals surface area contributed by atoms with Crippen molar-refractivity contribution in [1.29, 1.82) is 0 Å². The van der Waals surface area contributed by atoms with E-state index in [-0.39, 0.29) is 10.8 Å². The van der Waals surface area contributed by atoms with E-state index in [1.54, 1.807) is 19.2 Å². The number of ether oxygens (including phenoxy) is 2. The third kappa shape index (κ3) is 3.70. The third-order valence-electron chi connectivity index (χ3n) is 3.08. The molecule has 0 saturated heterocycles. The Morgan fingerprint density at radius 1 is 1.19 bits per heavy atom. The van der Waals surface area contributed by atoms with Gasteiger partial charge in [0.1, 0.15) is 28.9 Å². The van der Waals surface area contributed by atoms with Crippen LogP contribution < -0.4 is 15.2 Å². The van der Waals surface area contributed by atoms with Crippen LogP contribution in [0.4, 0.5) is 4.39 Å². The molecule has 0 aromatic heterocycles. The molecule has 0 spiro atoms. The molecule has 0 amide bonds. The van der Waals surface area contributed by atoms with E-state index >= 15 is 0 Å². The average Bonchev–Trinajstić information content (AvgIpc) is 2.47. The summed E-state index contributed by atoms with van der Waals surface area (Å²) in [5.74, 6) is 0.795. The third-order valence-corrected chi connectivity index (χ3v) is 3.30. The molecule has 2 aromatic rings. The van der Waals surface area contributed by atoms with Crippen LogP contribution in [0.3, 0.4) is 0 Å². The Morgan fingerprint density at radius 2 is 1.95 bits per heavy atom. The summed E-state index contributed by atoms with van der Waals surface area (Å²) in [6.45, 7) is 2.17. The van der Waals surface area contributed by atoms with Crippen LogP contribution in [0.1, 0.15) is 16.7 Å². The van der Waals surface area contributed by atoms with Crippen molar-refractivity contribution in [1.82, 2.24) is 0 Å². The predicted octanol–water partition coefficient (Wildman–Crippen LogP) is 3.36. The zero-order valence-corrected chi connectivity index (χ0v) is 12.7. The molecular formula is C16H16FNO2S. The predicted molar refractivity (Wildman–Crippen MR) is 84.4 cm³/mol. The normalized spacial score (nSPS) is 10.2. The summed E-state index contributed by atoms with van der Waals surface area (Å²) < 4.78 is 24.1. The van der Waals surface area contributed by atoms with Crippen LogP contribution in [0.15, 0.2) is 36.4 Å². The lowest BCUT2D eigenvalue weighted by Crippen LogP contribution is -2.11. The van der Waals surface area contributed by atoms with Gasteiger partial charge in [0.05, 0.1) is 12.7 Å². The highest BCUT2D eigenvalue weighted by Gasteiger charge is 2.08. The number of rotatable bonds is 5. The van der Waals surface area contributed by atoms with Gasteiger partial charge in [0.2, 0.25) is 0 Å². The van der Waals surface area contributed by atoms with Gasteiger partial charge in [0.15, 0.2) is 0 Å². The molecule has 0 unspecified atom stereocenters. The summed E-state index contributed by atoms with van der Waals surface area (Å²) in [5.41, 5.74) is 8.06. The molecule has 2 N–H and O–H groups in total. The first kappa shape index (κ1) is 15.3. The minimum atomic E-state index is -0.322. The number of benzene rings is 2. The highest BCUT2D eigenvalue weighted by Crippen LogP contribution is 2.23. The molecule has 0 atom stereocenters. The minimum absolute atomic E-state index is 0.278. The van der Waals surface area contributed by atoms with Gasteiger partial charge in [0.25, 0.3) is 0 Å². The second kappa shape index (κ2) is 6.54. The fourth-order valence-corrected chi connectivity index (χ4v) is 2.09. The molecule has 0 aliphatic heterocycles. The molecule has 3 nitrogen and oxygen atoms in total. The van der Waals surface area contributed by atoms with Crippen molar-refractivity contribution in [2.24, 2.45) is 5.73 Å². The van der Waals surface area contributed by atoms with Crippen LogP contribution in [0, 0.1) is 12.7 Å². The van der Waals surface area contributed by atoms with Crippen LogP contribution in [-0.2, 0) is 6.61 Å². The summed E-state index contributed by atoms with van der Waals surface area (Å²) in [5, 5.41) is 0. The second-order valence-corrected chi connectivity index (χ2v) is 5.04. The number of hydrogen-bond donors (Lipinski definition) is 1. The maximum atomic E-state index is 13.2. The fourth-order valence-electron chi connectivity index (χ4n) is 1.92. The zero-order chi connectivity index (χ0) is 15.4. The molecule has 0 saturated carbocycles. The molecule has 110 valence electrons. The number of halogens is 1. The molecule has 2 rings (SSSR count). The first-order valence-corrected chi connectivity index (χ1v) is 6.77. The maximum absolute atomic E-state index is 13.2. The molecule has 5 heteroatoms. The topological polar surface area (TPSA) is 44.5 Å². The van der Waals surface area contributed by atoms with E-state index in [4.69, 9.17) is 27.4 Å². The van der Waals surface area contributed by atoms with Crippen LogP contribution in [0.2, 0.25) is 0 Å². The lowest BCUT2D eigenvalue weighted by Gasteiger charge is -2.12. The lowest BCUT2D eigenvalue weighted by molar-refractivity contribution is 0.301. The van der Waals surface area contributed by atoms with E-state index < -0.39 is 0 Å². The Balaban J connectivity index is 2.17. The summed E-state index contributed by atoms with van der Waals surface area (Å²) in [7, 11) is 1.55. The molecule has 0 radical (unpaired) electrons. The van der Waals surface area contributed by atoms with E-state index in [1.165, 1.54) is 12.1 Å². The first-order chi connectivity index (χ1) is 10.0. The van der Waals surface area contributed by atoms with E-state index in [9.17, 15) is 4.39 Å². The smallest absolute Gasteiger partial charge is 0.129 e. The highest BCUT2D eigenvalue weighted by molar-refractivity contribution is 7.80. The van der Waals surface area contributed by atoms with Gasteiger partial charge < -0.3 is 15.2 Å². The average molecular weight is 305 g/mol. The van der Waals surface area contributed by atoms with Crippen molar-refractivity contribution in [3.05, 3.63) is 58.9 Å². The van der Waals surface area contributed by atoms with Gasteiger partial charge in [-0.25, -0.2) is 4.39 Å². The Kier molecular flexibility index (Phi) is 4.75. The van der Waals surface area contributed by atoms with Crippen molar-refractivity contribution in [2.45, 2.75) is 13.5 Å². The Labute approximate surface area is 128 Å². The molecular weight excluding hydrogens is 289 g/mol. The van der Waals surface area contributed by atoms with Crippen molar-refractivity contribution >= 4 is 17.2 Å². The van der Waals surface area contributed by atoms with E-state index in [2.05, 4.69) is 0 Å². The van der Waals surface area contributed by atoms with E-state index in [1.807, 2.05) is 19.1 Å². The number of aryl methyl sites for hydroxylation is 1. The number of thiocarbonyl (C=S) groups is 1. The fraction of sp³-hybridized carbons (Fsp3) is 0.188. The standard InChI is InChI=1S/C16H16FNO2S/c1-10-3-5-12(17)8-14(10)20-9-11-4-6-13(16(18)21)15(7-11)19-2/h3-8H,9H2,1-2H3,(H2,18,21). The zero-order valence-electron chi connectivity index (χ0n) is 11.9. The summed E-state index contributed by atoms with van der Waals surface area (Å²) in [6.07, 6.45) is 0. The van der Waals surface area contributed by atoms with Crippen molar-refractivity contribution in [2.75, 3.05) is 7.11 Å². The van der Waals surface area contributed by atoms with Crippen LogP contribution in [-0.4, -0.2) is 12.1 Å². The van der Waals surface area contributed by atoms with E-state index in [0.717, 1.165) is 11.1 Å². The Hall–Kier alpha value is -2.14.